The first-order valence-corrected chi connectivity index (χ1v) is 14.1. The van der Waals surface area contributed by atoms with Crippen molar-refractivity contribution in [3.8, 4) is 22.3 Å². The number of carbonyl (C=O) groups is 1. The summed E-state index contributed by atoms with van der Waals surface area (Å²) in [6, 6.07) is 41.5. The van der Waals surface area contributed by atoms with E-state index in [2.05, 4.69) is 83.8 Å². The molecule has 40 heavy (non-hydrogen) atoms. The van der Waals surface area contributed by atoms with Crippen LogP contribution in [0.5, 0.6) is 0 Å². The van der Waals surface area contributed by atoms with E-state index in [1.54, 1.807) is 11.3 Å². The molecule has 6 aromatic rings. The number of ketones is 1. The van der Waals surface area contributed by atoms with Crippen LogP contribution in [0.15, 0.2) is 127 Å². The van der Waals surface area contributed by atoms with Crippen molar-refractivity contribution < 1.29 is 9.90 Å². The first kappa shape index (κ1) is 23.1. The van der Waals surface area contributed by atoms with Crippen LogP contribution >= 0.6 is 11.3 Å². The van der Waals surface area contributed by atoms with Crippen LogP contribution in [0.2, 0.25) is 0 Å². The third-order valence-electron chi connectivity index (χ3n) is 7.94. The fourth-order valence-electron chi connectivity index (χ4n) is 6.08. The largest absolute Gasteiger partial charge is 0.383 e. The summed E-state index contributed by atoms with van der Waals surface area (Å²) in [7, 11) is 0. The van der Waals surface area contributed by atoms with Crippen molar-refractivity contribution >= 4 is 50.3 Å². The standard InChI is InChI=1S/C36H23NO2S/c38-35-29-19-22-9-1-2-10-23(22)20-30(29)36(39)31(35)21-24-17-18-34(40-24)37-32-15-7-5-13-27(32)25-11-3-4-12-26(25)28-14-6-8-16-33(28)37/h1-21,35,38H/b31-21-. The normalized spacial score (nSPS) is 16.4. The number of nitrogens with zero attached hydrogens (tertiary/aromatic N) is 1. The summed E-state index contributed by atoms with van der Waals surface area (Å²) < 4.78 is 0. The van der Waals surface area contributed by atoms with Gasteiger partial charge in [0.25, 0.3) is 0 Å². The second-order valence-electron chi connectivity index (χ2n) is 10.2. The Morgan fingerprint density at radius 2 is 1.18 bits per heavy atom. The molecule has 8 rings (SSSR count). The maximum atomic E-state index is 13.4. The van der Waals surface area contributed by atoms with Gasteiger partial charge >= 0.3 is 0 Å². The third kappa shape index (κ3) is 3.44. The molecular weight excluding hydrogens is 510 g/mol. The van der Waals surface area contributed by atoms with Gasteiger partial charge in [0.05, 0.1) is 11.4 Å². The molecule has 0 bridgehead atoms. The van der Waals surface area contributed by atoms with E-state index in [4.69, 9.17) is 0 Å². The fourth-order valence-corrected chi connectivity index (χ4v) is 7.07. The summed E-state index contributed by atoms with van der Waals surface area (Å²) >= 11 is 1.61. The van der Waals surface area contributed by atoms with Crippen LogP contribution in [-0.2, 0) is 0 Å². The third-order valence-corrected chi connectivity index (χ3v) is 8.96. The SMILES string of the molecule is O=C1/C(=C\c2ccc(N3c4ccccc4-c4ccccc4-c4ccccc43)s2)C(O)c2cc3ccccc3cc21. The molecule has 1 aromatic heterocycles. The highest BCUT2D eigenvalue weighted by molar-refractivity contribution is 7.17. The minimum absolute atomic E-state index is 0.107. The van der Waals surface area contributed by atoms with E-state index < -0.39 is 6.10 Å². The zero-order chi connectivity index (χ0) is 26.8. The van der Waals surface area contributed by atoms with Gasteiger partial charge in [-0.2, -0.15) is 0 Å². The Labute approximate surface area is 235 Å². The van der Waals surface area contributed by atoms with Crippen LogP contribution in [0.3, 0.4) is 0 Å². The molecule has 190 valence electrons. The van der Waals surface area contributed by atoms with Gasteiger partial charge in [-0.3, -0.25) is 4.79 Å². The summed E-state index contributed by atoms with van der Waals surface area (Å²) in [4.78, 5) is 16.7. The summed E-state index contributed by atoms with van der Waals surface area (Å²) in [5.41, 5.74) is 8.66. The lowest BCUT2D eigenvalue weighted by molar-refractivity contribution is 0.102. The molecule has 0 amide bonds. The number of aliphatic hydroxyl groups excluding tert-OH is 1. The molecule has 1 aliphatic heterocycles. The number of aliphatic hydroxyl groups is 1. The number of hydrogen-bond donors (Lipinski definition) is 1. The number of hydrogen-bond acceptors (Lipinski definition) is 4. The second-order valence-corrected chi connectivity index (χ2v) is 11.3. The van der Waals surface area contributed by atoms with Crippen LogP contribution in [0.1, 0.15) is 26.9 Å². The number of Topliss-reactive ketones (excluding diaryl/α,β-unsaturated/α-hetero) is 1. The topological polar surface area (TPSA) is 40.5 Å². The van der Waals surface area contributed by atoms with E-state index in [9.17, 15) is 9.90 Å². The first-order chi connectivity index (χ1) is 19.7. The van der Waals surface area contributed by atoms with Gasteiger partial charge in [0.1, 0.15) is 11.1 Å². The number of para-hydroxylation sites is 2. The quantitative estimate of drug-likeness (QED) is 0.225. The van der Waals surface area contributed by atoms with Crippen molar-refractivity contribution in [3.05, 3.63) is 143 Å². The van der Waals surface area contributed by atoms with Crippen molar-refractivity contribution in [2.24, 2.45) is 0 Å². The lowest BCUT2D eigenvalue weighted by Crippen LogP contribution is -2.09. The molecule has 2 aliphatic rings. The molecule has 0 saturated heterocycles. The number of anilines is 3. The molecule has 1 aliphatic carbocycles. The molecule has 1 unspecified atom stereocenters. The molecule has 5 aromatic carbocycles. The lowest BCUT2D eigenvalue weighted by atomic mass is 9.95. The smallest absolute Gasteiger partial charge is 0.192 e. The highest BCUT2D eigenvalue weighted by Crippen LogP contribution is 2.52. The van der Waals surface area contributed by atoms with E-state index in [1.165, 1.54) is 22.3 Å². The van der Waals surface area contributed by atoms with Gasteiger partial charge < -0.3 is 10.0 Å². The molecule has 2 heterocycles. The molecule has 0 spiro atoms. The zero-order valence-corrected chi connectivity index (χ0v) is 22.2. The maximum Gasteiger partial charge on any atom is 0.192 e. The highest BCUT2D eigenvalue weighted by atomic mass is 32.1. The van der Waals surface area contributed by atoms with Crippen LogP contribution in [0, 0.1) is 0 Å². The molecule has 3 nitrogen and oxygen atoms in total. The van der Waals surface area contributed by atoms with E-state index in [0.717, 1.165) is 32.0 Å². The van der Waals surface area contributed by atoms with Gasteiger partial charge in [-0.25, -0.2) is 0 Å². The second kappa shape index (κ2) is 8.88. The predicted molar refractivity (Wildman–Crippen MR) is 165 cm³/mol. The highest BCUT2D eigenvalue weighted by Gasteiger charge is 2.34. The summed E-state index contributed by atoms with van der Waals surface area (Å²) in [6.07, 6.45) is 0.919. The van der Waals surface area contributed by atoms with Gasteiger partial charge in [-0.1, -0.05) is 84.9 Å². The average Bonchev–Trinajstić information content (AvgIpc) is 3.51. The molecular formula is C36H23NO2S. The van der Waals surface area contributed by atoms with Gasteiger partial charge in [-0.05, 0) is 69.9 Å². The number of thiophene rings is 1. The summed E-state index contributed by atoms with van der Waals surface area (Å²) in [5, 5.41) is 14.3. The number of rotatable bonds is 2. The average molecular weight is 534 g/mol. The Morgan fingerprint density at radius 3 is 1.82 bits per heavy atom. The Bertz CT molecular complexity index is 1950. The minimum atomic E-state index is -0.938. The van der Waals surface area contributed by atoms with E-state index in [0.29, 0.717) is 16.7 Å². The minimum Gasteiger partial charge on any atom is -0.383 e. The Balaban J connectivity index is 1.25. The van der Waals surface area contributed by atoms with Crippen molar-refractivity contribution in [2.75, 3.05) is 4.90 Å². The molecule has 0 saturated carbocycles. The molecule has 1 atom stereocenters. The number of fused-ring (bicyclic) bond motifs is 7. The van der Waals surface area contributed by atoms with E-state index >= 15 is 0 Å². The Hall–Kier alpha value is -4.77. The fraction of sp³-hybridized carbons (Fsp3) is 0.0278. The van der Waals surface area contributed by atoms with E-state index in [-0.39, 0.29) is 5.78 Å². The Morgan fingerprint density at radius 1 is 0.625 bits per heavy atom. The monoisotopic (exact) mass is 533 g/mol. The molecule has 4 heteroatoms. The molecule has 1 N–H and O–H groups in total. The number of carbonyl (C=O) groups excluding carboxylic acids is 1. The zero-order valence-electron chi connectivity index (χ0n) is 21.4. The molecule has 0 fully saturated rings. The summed E-state index contributed by atoms with van der Waals surface area (Å²) in [6.45, 7) is 0. The number of benzene rings is 5. The predicted octanol–water partition coefficient (Wildman–Crippen LogP) is 9.33. The van der Waals surface area contributed by atoms with Crippen LogP contribution in [0.4, 0.5) is 16.4 Å². The van der Waals surface area contributed by atoms with E-state index in [1.807, 2.05) is 48.5 Å². The van der Waals surface area contributed by atoms with Crippen molar-refractivity contribution in [1.29, 1.82) is 0 Å². The van der Waals surface area contributed by atoms with Crippen LogP contribution in [0.25, 0.3) is 39.1 Å². The lowest BCUT2D eigenvalue weighted by Gasteiger charge is -2.25. The van der Waals surface area contributed by atoms with Crippen molar-refractivity contribution in [2.45, 2.75) is 6.10 Å². The summed E-state index contributed by atoms with van der Waals surface area (Å²) in [5.74, 6) is -0.107. The Kier molecular flexibility index (Phi) is 5.14. The molecule has 0 radical (unpaired) electrons. The van der Waals surface area contributed by atoms with Gasteiger partial charge in [0.2, 0.25) is 0 Å². The van der Waals surface area contributed by atoms with Gasteiger partial charge in [-0.15, -0.1) is 11.3 Å². The van der Waals surface area contributed by atoms with Crippen LogP contribution < -0.4 is 4.90 Å². The van der Waals surface area contributed by atoms with Crippen LogP contribution in [-0.4, -0.2) is 10.9 Å². The van der Waals surface area contributed by atoms with Gasteiger partial charge in [0, 0.05) is 27.1 Å². The van der Waals surface area contributed by atoms with Crippen molar-refractivity contribution in [3.63, 3.8) is 0 Å². The van der Waals surface area contributed by atoms with Crippen molar-refractivity contribution in [1.82, 2.24) is 0 Å². The maximum absolute atomic E-state index is 13.4. The first-order valence-electron chi connectivity index (χ1n) is 13.3. The van der Waals surface area contributed by atoms with Gasteiger partial charge in [0.15, 0.2) is 5.78 Å².